The van der Waals surface area contributed by atoms with Gasteiger partial charge >= 0.3 is 0 Å². The van der Waals surface area contributed by atoms with Crippen LogP contribution in [0.15, 0.2) is 0 Å². The molecule has 0 saturated heterocycles. The highest BCUT2D eigenvalue weighted by Crippen LogP contribution is 2.52. The lowest BCUT2D eigenvalue weighted by atomic mass is 9.81. The molecule has 0 aromatic heterocycles. The maximum absolute atomic E-state index is 5.28. The van der Waals surface area contributed by atoms with Gasteiger partial charge in [0.05, 0.1) is 0 Å². The fourth-order valence-corrected chi connectivity index (χ4v) is 3.23. The van der Waals surface area contributed by atoms with E-state index in [9.17, 15) is 0 Å². The van der Waals surface area contributed by atoms with Crippen molar-refractivity contribution in [2.45, 2.75) is 132 Å². The molecule has 0 unspecified atom stereocenters. The molecule has 150 valence electrons. The standard InChI is InChI=1S/C11H22.C10H16.2C2H6/c1-10(2)6-3-4-7-11-8-5-9-11;1-3-5-7-10(6-4-2)8-9-10;2*1-2/h10-11H,3-9H2,1-2H3;2H,3,5-9H2,1H3;2*1-2H3. The summed E-state index contributed by atoms with van der Waals surface area (Å²) in [6.07, 6.45) is 23.6. The highest BCUT2D eigenvalue weighted by atomic mass is 14.4. The minimum Gasteiger partial charge on any atom is -0.120 e. The Labute approximate surface area is 162 Å². The fourth-order valence-electron chi connectivity index (χ4n) is 3.23. The Balaban J connectivity index is 0. The molecule has 2 rings (SSSR count). The maximum Gasteiger partial charge on any atom is 0.0143 e. The summed E-state index contributed by atoms with van der Waals surface area (Å²) in [5.41, 5.74) is 0.616. The Morgan fingerprint density at radius 3 is 1.96 bits per heavy atom. The smallest absolute Gasteiger partial charge is 0.0143 e. The normalized spacial score (nSPS) is 16.8. The summed E-state index contributed by atoms with van der Waals surface area (Å²) >= 11 is 0. The molecule has 2 aliphatic rings. The maximum atomic E-state index is 5.28. The van der Waals surface area contributed by atoms with Crippen molar-refractivity contribution in [3.8, 4) is 12.3 Å². The predicted octanol–water partition coefficient (Wildman–Crippen LogP) is 9.04. The van der Waals surface area contributed by atoms with E-state index in [1.165, 1.54) is 77.0 Å². The van der Waals surface area contributed by atoms with Crippen LogP contribution < -0.4 is 0 Å². The van der Waals surface area contributed by atoms with Crippen LogP contribution in [0.5, 0.6) is 0 Å². The Morgan fingerprint density at radius 2 is 1.60 bits per heavy atom. The zero-order chi connectivity index (χ0) is 19.6. The largest absolute Gasteiger partial charge is 0.120 e. The summed E-state index contributed by atoms with van der Waals surface area (Å²) in [6, 6.07) is 0. The van der Waals surface area contributed by atoms with Gasteiger partial charge < -0.3 is 0 Å². The van der Waals surface area contributed by atoms with Crippen molar-refractivity contribution in [3.63, 3.8) is 0 Å². The number of hydrogen-bond acceptors (Lipinski definition) is 0. The van der Waals surface area contributed by atoms with E-state index < -0.39 is 0 Å². The Bertz CT molecular complexity index is 286. The van der Waals surface area contributed by atoms with Crippen molar-refractivity contribution in [3.05, 3.63) is 0 Å². The first-order chi connectivity index (χ1) is 12.1. The van der Waals surface area contributed by atoms with Crippen LogP contribution in [0.3, 0.4) is 0 Å². The van der Waals surface area contributed by atoms with Crippen molar-refractivity contribution in [2.24, 2.45) is 17.3 Å². The molecule has 0 nitrogen and oxygen atoms in total. The zero-order valence-electron chi connectivity index (χ0n) is 18.9. The van der Waals surface area contributed by atoms with Crippen LogP contribution in [0.25, 0.3) is 0 Å². The number of unbranched alkanes of at least 4 members (excludes halogenated alkanes) is 2. The number of rotatable bonds is 9. The molecule has 0 aromatic carbocycles. The monoisotopic (exact) mass is 350 g/mol. The Morgan fingerprint density at radius 1 is 1.00 bits per heavy atom. The quantitative estimate of drug-likeness (QED) is 0.287. The van der Waals surface area contributed by atoms with E-state index in [0.29, 0.717) is 5.41 Å². The van der Waals surface area contributed by atoms with Gasteiger partial charge in [0.25, 0.3) is 0 Å². The fraction of sp³-hybridized carbons (Fsp3) is 0.920. The molecule has 25 heavy (non-hydrogen) atoms. The molecule has 2 saturated carbocycles. The van der Waals surface area contributed by atoms with Crippen molar-refractivity contribution in [1.82, 2.24) is 0 Å². The molecule has 0 atom stereocenters. The van der Waals surface area contributed by atoms with Crippen LogP contribution >= 0.6 is 0 Å². The lowest BCUT2D eigenvalue weighted by Gasteiger charge is -2.25. The third-order valence-corrected chi connectivity index (χ3v) is 5.36. The van der Waals surface area contributed by atoms with Crippen LogP contribution in [0.2, 0.25) is 0 Å². The highest BCUT2D eigenvalue weighted by molar-refractivity contribution is 5.02. The minimum absolute atomic E-state index is 0.616. The molecule has 0 radical (unpaired) electrons. The van der Waals surface area contributed by atoms with Crippen molar-refractivity contribution < 1.29 is 0 Å². The second-order valence-electron chi connectivity index (χ2n) is 7.96. The van der Waals surface area contributed by atoms with E-state index in [-0.39, 0.29) is 0 Å². The first-order valence-corrected chi connectivity index (χ1v) is 11.6. The van der Waals surface area contributed by atoms with Gasteiger partial charge in [0, 0.05) is 6.42 Å². The summed E-state index contributed by atoms with van der Waals surface area (Å²) in [7, 11) is 0. The summed E-state index contributed by atoms with van der Waals surface area (Å²) in [6.45, 7) is 14.9. The topological polar surface area (TPSA) is 0 Å². The van der Waals surface area contributed by atoms with E-state index in [2.05, 4.69) is 26.7 Å². The van der Waals surface area contributed by atoms with Gasteiger partial charge in [-0.15, -0.1) is 12.3 Å². The lowest BCUT2D eigenvalue weighted by Crippen LogP contribution is -2.10. The molecule has 0 heterocycles. The number of hydrogen-bond donors (Lipinski definition) is 0. The van der Waals surface area contributed by atoms with Crippen LogP contribution in [-0.4, -0.2) is 0 Å². The second kappa shape index (κ2) is 18.4. The Kier molecular flexibility index (Phi) is 19.7. The zero-order valence-corrected chi connectivity index (χ0v) is 18.9. The summed E-state index contributed by atoms with van der Waals surface area (Å²) in [4.78, 5) is 0. The molecule has 0 N–H and O–H groups in total. The van der Waals surface area contributed by atoms with Crippen LogP contribution in [0.1, 0.15) is 132 Å². The molecule has 2 aliphatic carbocycles. The van der Waals surface area contributed by atoms with Crippen LogP contribution in [-0.2, 0) is 0 Å². The predicted molar refractivity (Wildman–Crippen MR) is 118 cm³/mol. The molecular formula is C25H50. The van der Waals surface area contributed by atoms with Gasteiger partial charge in [-0.3, -0.25) is 0 Å². The number of terminal acetylenes is 1. The van der Waals surface area contributed by atoms with Crippen LogP contribution in [0, 0.1) is 29.6 Å². The van der Waals surface area contributed by atoms with Gasteiger partial charge in [-0.05, 0) is 36.5 Å². The average molecular weight is 351 g/mol. The third kappa shape index (κ3) is 15.5. The second-order valence-corrected chi connectivity index (χ2v) is 7.96. The van der Waals surface area contributed by atoms with E-state index in [1.807, 2.05) is 27.7 Å². The SMILES string of the molecule is C#CCC1(CCCC)CC1.CC.CC.CC(C)CCCCC1CCC1. The summed E-state index contributed by atoms with van der Waals surface area (Å²) in [5, 5.41) is 0. The van der Waals surface area contributed by atoms with Gasteiger partial charge in [-0.25, -0.2) is 0 Å². The van der Waals surface area contributed by atoms with Crippen molar-refractivity contribution >= 4 is 0 Å². The first-order valence-electron chi connectivity index (χ1n) is 11.6. The van der Waals surface area contributed by atoms with Gasteiger partial charge in [-0.1, -0.05) is 106 Å². The van der Waals surface area contributed by atoms with Crippen molar-refractivity contribution in [1.29, 1.82) is 0 Å². The highest BCUT2D eigenvalue weighted by Gasteiger charge is 2.40. The van der Waals surface area contributed by atoms with Crippen LogP contribution in [0.4, 0.5) is 0 Å². The lowest BCUT2D eigenvalue weighted by molar-refractivity contribution is 0.284. The first kappa shape index (κ1) is 26.8. The molecule has 0 aliphatic heterocycles. The van der Waals surface area contributed by atoms with E-state index in [0.717, 1.165) is 18.3 Å². The summed E-state index contributed by atoms with van der Waals surface area (Å²) < 4.78 is 0. The summed E-state index contributed by atoms with van der Waals surface area (Å²) in [5.74, 6) is 4.82. The van der Waals surface area contributed by atoms with Gasteiger partial charge in [-0.2, -0.15) is 0 Å². The molecular weight excluding hydrogens is 300 g/mol. The van der Waals surface area contributed by atoms with Crippen molar-refractivity contribution in [2.75, 3.05) is 0 Å². The van der Waals surface area contributed by atoms with E-state index >= 15 is 0 Å². The molecule has 0 amide bonds. The molecule has 0 aromatic rings. The minimum atomic E-state index is 0.616. The molecule has 0 heteroatoms. The van der Waals surface area contributed by atoms with Gasteiger partial charge in [0.15, 0.2) is 0 Å². The molecule has 2 fully saturated rings. The molecule has 0 spiro atoms. The average Bonchev–Trinajstić information content (AvgIpc) is 3.35. The third-order valence-electron chi connectivity index (χ3n) is 5.36. The molecule has 0 bridgehead atoms. The Hall–Kier alpha value is -0.440. The van der Waals surface area contributed by atoms with E-state index in [4.69, 9.17) is 6.42 Å². The van der Waals surface area contributed by atoms with Gasteiger partial charge in [0.1, 0.15) is 0 Å². The van der Waals surface area contributed by atoms with Gasteiger partial charge in [0.2, 0.25) is 0 Å². The van der Waals surface area contributed by atoms with E-state index in [1.54, 1.807) is 0 Å².